The molecule has 7 heteroatoms. The van der Waals surface area contributed by atoms with E-state index >= 15 is 0 Å². The Balaban J connectivity index is 1.73. The van der Waals surface area contributed by atoms with Crippen LogP contribution >= 0.6 is 0 Å². The topological polar surface area (TPSA) is 81.6 Å². The summed E-state index contributed by atoms with van der Waals surface area (Å²) < 4.78 is 0. The molecule has 31 heavy (non-hydrogen) atoms. The largest absolute Gasteiger partial charge is 0.340 e. The van der Waals surface area contributed by atoms with Crippen LogP contribution in [0, 0.1) is 13.8 Å². The van der Waals surface area contributed by atoms with Crippen LogP contribution in [0.25, 0.3) is 10.8 Å². The fraction of sp³-hybridized carbons (Fsp3) is 0.375. The summed E-state index contributed by atoms with van der Waals surface area (Å²) in [5, 5.41) is 11.1. The molecule has 7 nitrogen and oxygen atoms in total. The molecule has 2 heterocycles. The van der Waals surface area contributed by atoms with Crippen molar-refractivity contribution in [1.82, 2.24) is 25.2 Å². The van der Waals surface area contributed by atoms with Crippen molar-refractivity contribution in [3.63, 3.8) is 0 Å². The van der Waals surface area contributed by atoms with Crippen molar-refractivity contribution in [3.05, 3.63) is 71.3 Å². The number of amides is 2. The van der Waals surface area contributed by atoms with Crippen LogP contribution in [0.15, 0.2) is 48.8 Å². The highest BCUT2D eigenvalue weighted by molar-refractivity contribution is 5.84. The summed E-state index contributed by atoms with van der Waals surface area (Å²) in [7, 11) is 1.67. The number of nitrogens with one attached hydrogen (secondary N) is 1. The number of aromatic nitrogens is 2. The normalized spacial score (nSPS) is 11.1. The van der Waals surface area contributed by atoms with Crippen molar-refractivity contribution in [2.75, 3.05) is 20.1 Å². The highest BCUT2D eigenvalue weighted by Gasteiger charge is 2.13. The molecule has 2 aromatic heterocycles. The number of carbonyl (C=O) groups is 1. The second-order valence-corrected chi connectivity index (χ2v) is 8.01. The van der Waals surface area contributed by atoms with Crippen LogP contribution in [0.5, 0.6) is 0 Å². The Morgan fingerprint density at radius 1 is 1.03 bits per heavy atom. The molecular formula is C24H31N5O2. The van der Waals surface area contributed by atoms with Gasteiger partial charge in [0.25, 0.3) is 0 Å². The fourth-order valence-electron chi connectivity index (χ4n) is 3.73. The van der Waals surface area contributed by atoms with Crippen LogP contribution in [0.3, 0.4) is 0 Å². The molecule has 0 saturated carbocycles. The van der Waals surface area contributed by atoms with E-state index in [0.29, 0.717) is 6.54 Å². The van der Waals surface area contributed by atoms with E-state index in [9.17, 15) is 4.79 Å². The number of rotatable bonds is 9. The number of hydrogen-bond donors (Lipinski definition) is 2. The van der Waals surface area contributed by atoms with Crippen LogP contribution in [0.1, 0.15) is 35.4 Å². The van der Waals surface area contributed by atoms with Crippen molar-refractivity contribution in [2.24, 2.45) is 0 Å². The van der Waals surface area contributed by atoms with E-state index in [1.807, 2.05) is 30.6 Å². The summed E-state index contributed by atoms with van der Waals surface area (Å²) in [6.45, 7) is 7.06. The summed E-state index contributed by atoms with van der Waals surface area (Å²) in [6, 6.07) is 12.0. The molecule has 0 radical (unpaired) electrons. The van der Waals surface area contributed by atoms with E-state index in [4.69, 9.17) is 5.21 Å². The molecule has 3 rings (SSSR count). The van der Waals surface area contributed by atoms with Crippen molar-refractivity contribution in [1.29, 1.82) is 0 Å². The fourth-order valence-corrected chi connectivity index (χ4v) is 3.73. The number of fused-ring (bicyclic) bond motifs is 1. The molecule has 1 aromatic carbocycles. The zero-order chi connectivity index (χ0) is 22.2. The molecule has 0 aliphatic carbocycles. The van der Waals surface area contributed by atoms with E-state index in [0.717, 1.165) is 49.4 Å². The number of nitrogens with zero attached hydrogens (tertiary/aromatic N) is 4. The zero-order valence-corrected chi connectivity index (χ0v) is 18.5. The number of aryl methyl sites for hydroxylation is 2. The third kappa shape index (κ3) is 6.23. The van der Waals surface area contributed by atoms with E-state index in [-0.39, 0.29) is 0 Å². The smallest absolute Gasteiger partial charge is 0.326 e. The van der Waals surface area contributed by atoms with Crippen LogP contribution < -0.4 is 5.48 Å². The van der Waals surface area contributed by atoms with Gasteiger partial charge >= 0.3 is 6.03 Å². The average Bonchev–Trinajstić information content (AvgIpc) is 2.77. The van der Waals surface area contributed by atoms with Crippen LogP contribution in [-0.4, -0.2) is 51.1 Å². The lowest BCUT2D eigenvalue weighted by atomic mass is 10.1. The molecule has 2 amide bonds. The van der Waals surface area contributed by atoms with Gasteiger partial charge in [0.05, 0.1) is 11.4 Å². The number of unbranched alkanes of at least 4 members (excludes halogenated alkanes) is 1. The van der Waals surface area contributed by atoms with Crippen molar-refractivity contribution >= 4 is 16.8 Å². The molecule has 0 saturated heterocycles. The van der Waals surface area contributed by atoms with Gasteiger partial charge in [0.2, 0.25) is 0 Å². The van der Waals surface area contributed by atoms with Gasteiger partial charge in [0, 0.05) is 44.5 Å². The first-order chi connectivity index (χ1) is 15.0. The highest BCUT2D eigenvalue weighted by atomic mass is 16.5. The second kappa shape index (κ2) is 10.8. The predicted octanol–water partition coefficient (Wildman–Crippen LogP) is 4.06. The van der Waals surface area contributed by atoms with Gasteiger partial charge in [0.15, 0.2) is 0 Å². The summed E-state index contributed by atoms with van der Waals surface area (Å²) in [5.41, 5.74) is 6.15. The van der Waals surface area contributed by atoms with Gasteiger partial charge < -0.3 is 4.90 Å². The maximum absolute atomic E-state index is 11.4. The zero-order valence-electron chi connectivity index (χ0n) is 18.5. The molecular weight excluding hydrogens is 390 g/mol. The maximum Gasteiger partial charge on any atom is 0.340 e. The lowest BCUT2D eigenvalue weighted by Gasteiger charge is -2.24. The highest BCUT2D eigenvalue weighted by Crippen LogP contribution is 2.20. The standard InChI is InChI=1S/C24H31N5O2/c1-18-14-19(2)22(26-15-18)16-29(13-7-6-12-28(3)24(30)27-31)17-23-21-9-5-4-8-20(21)10-11-25-23/h4-5,8-11,14-15,31H,6-7,12-13,16-17H2,1-3H3,(H,27,30). The summed E-state index contributed by atoms with van der Waals surface area (Å²) in [6.07, 6.45) is 5.54. The van der Waals surface area contributed by atoms with Crippen molar-refractivity contribution in [2.45, 2.75) is 39.8 Å². The van der Waals surface area contributed by atoms with Crippen molar-refractivity contribution < 1.29 is 10.0 Å². The number of pyridine rings is 2. The van der Waals surface area contributed by atoms with E-state index in [1.54, 1.807) is 12.5 Å². The van der Waals surface area contributed by atoms with Crippen molar-refractivity contribution in [3.8, 4) is 0 Å². The minimum atomic E-state index is -0.490. The second-order valence-electron chi connectivity index (χ2n) is 8.01. The Bertz CT molecular complexity index is 1020. The molecule has 0 bridgehead atoms. The average molecular weight is 422 g/mol. The Morgan fingerprint density at radius 3 is 2.55 bits per heavy atom. The molecule has 0 spiro atoms. The number of hydrogen-bond acceptors (Lipinski definition) is 5. The number of urea groups is 1. The SMILES string of the molecule is Cc1cnc(CN(CCCCN(C)C(=O)NO)Cc2nccc3ccccc23)c(C)c1. The third-order valence-corrected chi connectivity index (χ3v) is 5.49. The first-order valence-corrected chi connectivity index (χ1v) is 10.6. The van der Waals surface area contributed by atoms with Crippen LogP contribution in [-0.2, 0) is 13.1 Å². The van der Waals surface area contributed by atoms with E-state index < -0.39 is 6.03 Å². The van der Waals surface area contributed by atoms with Crippen LogP contribution in [0.4, 0.5) is 4.79 Å². The minimum Gasteiger partial charge on any atom is -0.326 e. The molecule has 2 N–H and O–H groups in total. The number of hydroxylamine groups is 1. The Labute approximate surface area is 183 Å². The number of carbonyl (C=O) groups excluding carboxylic acids is 1. The molecule has 0 unspecified atom stereocenters. The van der Waals surface area contributed by atoms with Gasteiger partial charge in [0.1, 0.15) is 0 Å². The lowest BCUT2D eigenvalue weighted by molar-refractivity contribution is 0.135. The summed E-state index contributed by atoms with van der Waals surface area (Å²) in [5.74, 6) is 0. The molecule has 0 aliphatic heterocycles. The quantitative estimate of drug-likeness (QED) is 0.309. The summed E-state index contributed by atoms with van der Waals surface area (Å²) in [4.78, 5) is 24.6. The van der Waals surface area contributed by atoms with E-state index in [2.05, 4.69) is 46.9 Å². The first kappa shape index (κ1) is 22.7. The maximum atomic E-state index is 11.4. The monoisotopic (exact) mass is 421 g/mol. The third-order valence-electron chi connectivity index (χ3n) is 5.49. The van der Waals surface area contributed by atoms with Gasteiger partial charge in [-0.2, -0.15) is 0 Å². The molecule has 164 valence electrons. The van der Waals surface area contributed by atoms with Gasteiger partial charge in [-0.15, -0.1) is 0 Å². The molecule has 0 atom stereocenters. The Hall–Kier alpha value is -3.03. The lowest BCUT2D eigenvalue weighted by Crippen LogP contribution is -2.36. The Morgan fingerprint density at radius 2 is 1.77 bits per heavy atom. The predicted molar refractivity (Wildman–Crippen MR) is 122 cm³/mol. The Kier molecular flexibility index (Phi) is 7.92. The van der Waals surface area contributed by atoms with Gasteiger partial charge in [-0.05, 0) is 55.8 Å². The molecule has 3 aromatic rings. The molecule has 0 fully saturated rings. The van der Waals surface area contributed by atoms with Gasteiger partial charge in [-0.25, -0.2) is 10.3 Å². The first-order valence-electron chi connectivity index (χ1n) is 10.6. The number of benzene rings is 1. The minimum absolute atomic E-state index is 0.490. The van der Waals surface area contributed by atoms with Crippen LogP contribution in [0.2, 0.25) is 0 Å². The van der Waals surface area contributed by atoms with Gasteiger partial charge in [-0.3, -0.25) is 20.1 Å². The molecule has 0 aliphatic rings. The van der Waals surface area contributed by atoms with Gasteiger partial charge in [-0.1, -0.05) is 30.3 Å². The van der Waals surface area contributed by atoms with E-state index in [1.165, 1.54) is 21.2 Å². The summed E-state index contributed by atoms with van der Waals surface area (Å²) >= 11 is 0.